The largest absolute Gasteiger partial charge is 0.481 e. The van der Waals surface area contributed by atoms with Gasteiger partial charge >= 0.3 is 11.9 Å². The van der Waals surface area contributed by atoms with Crippen LogP contribution in [0.4, 0.5) is 0 Å². The molecule has 4 nitrogen and oxygen atoms in total. The summed E-state index contributed by atoms with van der Waals surface area (Å²) in [5.74, 6) is -1.48. The fraction of sp³-hybridized carbons (Fsp3) is 0.429. The lowest BCUT2D eigenvalue weighted by atomic mass is 9.75. The van der Waals surface area contributed by atoms with E-state index in [1.807, 2.05) is 6.07 Å². The molecule has 0 aromatic heterocycles. The van der Waals surface area contributed by atoms with Crippen molar-refractivity contribution in [1.29, 1.82) is 0 Å². The quantitative estimate of drug-likeness (QED) is 0.787. The second kappa shape index (κ2) is 6.19. The summed E-state index contributed by atoms with van der Waals surface area (Å²) in [4.78, 5) is 23.2. The first-order chi connectivity index (χ1) is 8.56. The Hall–Kier alpha value is -1.84. The number of carbonyl (C=O) groups is 2. The second-order valence-corrected chi connectivity index (χ2v) is 4.09. The average molecular weight is 250 g/mol. The van der Waals surface area contributed by atoms with Crippen LogP contribution in [-0.2, 0) is 19.7 Å². The van der Waals surface area contributed by atoms with Gasteiger partial charge in [0, 0.05) is 0 Å². The first kappa shape index (κ1) is 14.2. The lowest BCUT2D eigenvalue weighted by Crippen LogP contribution is -2.38. The van der Waals surface area contributed by atoms with Crippen LogP contribution in [0, 0.1) is 0 Å². The molecule has 0 heterocycles. The van der Waals surface area contributed by atoms with E-state index in [1.54, 1.807) is 38.1 Å². The van der Waals surface area contributed by atoms with Gasteiger partial charge in [-0.3, -0.25) is 9.59 Å². The molecular weight excluding hydrogens is 232 g/mol. The van der Waals surface area contributed by atoms with Gasteiger partial charge in [-0.05, 0) is 18.9 Å². The lowest BCUT2D eigenvalue weighted by molar-refractivity contribution is -0.153. The fourth-order valence-electron chi connectivity index (χ4n) is 2.00. The molecule has 0 saturated carbocycles. The van der Waals surface area contributed by atoms with Gasteiger partial charge in [0.15, 0.2) is 0 Å². The number of esters is 1. The third kappa shape index (κ3) is 2.88. The third-order valence-electron chi connectivity index (χ3n) is 3.09. The molecule has 0 aliphatic carbocycles. The number of ether oxygens (including phenoxy) is 1. The highest BCUT2D eigenvalue weighted by molar-refractivity contribution is 5.87. The van der Waals surface area contributed by atoms with Gasteiger partial charge in [0.2, 0.25) is 0 Å². The van der Waals surface area contributed by atoms with Gasteiger partial charge in [0.05, 0.1) is 13.0 Å². The van der Waals surface area contributed by atoms with Gasteiger partial charge in [-0.1, -0.05) is 37.3 Å². The van der Waals surface area contributed by atoms with E-state index in [0.717, 1.165) is 0 Å². The van der Waals surface area contributed by atoms with Crippen LogP contribution in [0.15, 0.2) is 30.3 Å². The number of carboxylic acids is 1. The van der Waals surface area contributed by atoms with Crippen LogP contribution in [0.5, 0.6) is 0 Å². The number of hydrogen-bond donors (Lipinski definition) is 1. The summed E-state index contributed by atoms with van der Waals surface area (Å²) < 4.78 is 4.87. The van der Waals surface area contributed by atoms with Crippen molar-refractivity contribution in [3.8, 4) is 0 Å². The molecule has 1 aromatic rings. The summed E-state index contributed by atoms with van der Waals surface area (Å²) in [5.41, 5.74) is -0.568. The van der Waals surface area contributed by atoms with E-state index in [9.17, 15) is 14.7 Å². The molecule has 0 aliphatic heterocycles. The minimum Gasteiger partial charge on any atom is -0.481 e. The Morgan fingerprint density at radius 2 is 1.83 bits per heavy atom. The molecule has 0 fully saturated rings. The minimum atomic E-state index is -1.20. The van der Waals surface area contributed by atoms with E-state index in [-0.39, 0.29) is 13.0 Å². The Morgan fingerprint density at radius 3 is 2.28 bits per heavy atom. The zero-order valence-corrected chi connectivity index (χ0v) is 10.7. The normalized spacial score (nSPS) is 13.7. The number of benzene rings is 1. The molecule has 1 atom stereocenters. The van der Waals surface area contributed by atoms with Crippen LogP contribution in [0.2, 0.25) is 0 Å². The molecule has 98 valence electrons. The average Bonchev–Trinajstić information content (AvgIpc) is 2.37. The summed E-state index contributed by atoms with van der Waals surface area (Å²) in [6.07, 6.45) is 0.196. The van der Waals surface area contributed by atoms with Crippen LogP contribution in [0.25, 0.3) is 0 Å². The molecule has 0 aliphatic rings. The van der Waals surface area contributed by atoms with Crippen LogP contribution in [0.1, 0.15) is 32.3 Å². The first-order valence-corrected chi connectivity index (χ1v) is 6.01. The van der Waals surface area contributed by atoms with E-state index in [0.29, 0.717) is 12.0 Å². The molecule has 1 rings (SSSR count). The summed E-state index contributed by atoms with van der Waals surface area (Å²) in [6, 6.07) is 8.82. The molecule has 1 N–H and O–H groups in total. The summed E-state index contributed by atoms with van der Waals surface area (Å²) >= 11 is 0. The molecule has 0 saturated heterocycles. The van der Waals surface area contributed by atoms with E-state index in [4.69, 9.17) is 4.74 Å². The highest BCUT2D eigenvalue weighted by Crippen LogP contribution is 2.32. The Kier molecular flexibility index (Phi) is 4.89. The topological polar surface area (TPSA) is 63.6 Å². The van der Waals surface area contributed by atoms with Crippen LogP contribution in [-0.4, -0.2) is 23.7 Å². The number of carboxylic acid groups (broad SMARTS) is 1. The van der Waals surface area contributed by atoms with Gasteiger partial charge in [-0.2, -0.15) is 0 Å². The maximum Gasteiger partial charge on any atom is 0.314 e. The monoisotopic (exact) mass is 250 g/mol. The van der Waals surface area contributed by atoms with E-state index < -0.39 is 17.4 Å². The van der Waals surface area contributed by atoms with Crippen molar-refractivity contribution in [2.24, 2.45) is 0 Å². The van der Waals surface area contributed by atoms with Crippen molar-refractivity contribution < 1.29 is 19.4 Å². The number of aliphatic carboxylic acids is 1. The van der Waals surface area contributed by atoms with Gasteiger partial charge in [-0.25, -0.2) is 0 Å². The third-order valence-corrected chi connectivity index (χ3v) is 3.09. The Morgan fingerprint density at radius 1 is 1.22 bits per heavy atom. The maximum absolute atomic E-state index is 11.6. The number of carbonyl (C=O) groups excluding carboxylic acids is 1. The van der Waals surface area contributed by atoms with E-state index in [2.05, 4.69) is 0 Å². The van der Waals surface area contributed by atoms with E-state index >= 15 is 0 Å². The molecule has 0 unspecified atom stereocenters. The molecule has 0 radical (unpaired) electrons. The molecule has 1 aromatic carbocycles. The molecule has 18 heavy (non-hydrogen) atoms. The van der Waals surface area contributed by atoms with Crippen molar-refractivity contribution in [3.63, 3.8) is 0 Å². The Balaban J connectivity index is 3.10. The smallest absolute Gasteiger partial charge is 0.314 e. The van der Waals surface area contributed by atoms with Crippen molar-refractivity contribution in [2.75, 3.05) is 6.61 Å². The Bertz CT molecular complexity index is 413. The van der Waals surface area contributed by atoms with E-state index in [1.165, 1.54) is 0 Å². The summed E-state index contributed by atoms with van der Waals surface area (Å²) in [6.45, 7) is 3.72. The van der Waals surface area contributed by atoms with Crippen LogP contribution < -0.4 is 0 Å². The zero-order valence-electron chi connectivity index (χ0n) is 10.7. The maximum atomic E-state index is 11.6. The molecule has 0 spiro atoms. The standard InChI is InChI=1S/C14H18O4/c1-3-14(13(16)17,10-12(15)18-4-2)11-8-6-5-7-9-11/h5-9H,3-4,10H2,1-2H3,(H,16,17)/t14-/m1/s1. The highest BCUT2D eigenvalue weighted by atomic mass is 16.5. The minimum absolute atomic E-state index is 0.142. The van der Waals surface area contributed by atoms with Crippen molar-refractivity contribution in [3.05, 3.63) is 35.9 Å². The summed E-state index contributed by atoms with van der Waals surface area (Å²) in [7, 11) is 0. The van der Waals surface area contributed by atoms with Gasteiger partial charge in [0.1, 0.15) is 5.41 Å². The lowest BCUT2D eigenvalue weighted by Gasteiger charge is -2.27. The highest BCUT2D eigenvalue weighted by Gasteiger charge is 2.41. The van der Waals surface area contributed by atoms with Gasteiger partial charge < -0.3 is 9.84 Å². The van der Waals surface area contributed by atoms with Crippen LogP contribution in [0.3, 0.4) is 0 Å². The predicted molar refractivity (Wildman–Crippen MR) is 67.3 cm³/mol. The van der Waals surface area contributed by atoms with Crippen LogP contribution >= 0.6 is 0 Å². The van der Waals surface area contributed by atoms with Crippen molar-refractivity contribution in [1.82, 2.24) is 0 Å². The molecule has 0 bridgehead atoms. The number of hydrogen-bond acceptors (Lipinski definition) is 3. The van der Waals surface area contributed by atoms with Gasteiger partial charge in [-0.15, -0.1) is 0 Å². The molecular formula is C14H18O4. The Labute approximate surface area is 107 Å². The fourth-order valence-corrected chi connectivity index (χ4v) is 2.00. The molecule has 4 heteroatoms. The SMILES string of the molecule is CCOC(=O)C[C@@](CC)(C(=O)O)c1ccccc1. The summed E-state index contributed by atoms with van der Waals surface area (Å²) in [5, 5.41) is 9.49. The van der Waals surface area contributed by atoms with Gasteiger partial charge in [0.25, 0.3) is 0 Å². The second-order valence-electron chi connectivity index (χ2n) is 4.09. The number of rotatable bonds is 6. The van der Waals surface area contributed by atoms with Crippen molar-refractivity contribution >= 4 is 11.9 Å². The zero-order chi connectivity index (χ0) is 13.6. The first-order valence-electron chi connectivity index (χ1n) is 6.01. The predicted octanol–water partition coefficient (Wildman–Crippen LogP) is 2.37. The molecule has 0 amide bonds. The van der Waals surface area contributed by atoms with Crippen molar-refractivity contribution in [2.45, 2.75) is 32.1 Å².